The van der Waals surface area contributed by atoms with E-state index in [2.05, 4.69) is 24.5 Å². The van der Waals surface area contributed by atoms with Crippen LogP contribution in [0.4, 0.5) is 5.69 Å². The van der Waals surface area contributed by atoms with Gasteiger partial charge in [-0.15, -0.1) is 0 Å². The van der Waals surface area contributed by atoms with E-state index in [0.29, 0.717) is 17.2 Å². The van der Waals surface area contributed by atoms with Crippen molar-refractivity contribution in [2.24, 2.45) is 0 Å². The maximum atomic E-state index is 12.3. The summed E-state index contributed by atoms with van der Waals surface area (Å²) in [4.78, 5) is 12.3. The lowest BCUT2D eigenvalue weighted by molar-refractivity contribution is 0.0977. The molecular weight excluding hydrogens is 332 g/mol. The Morgan fingerprint density at radius 2 is 1.88 bits per heavy atom. The van der Waals surface area contributed by atoms with Gasteiger partial charge in [-0.3, -0.25) is 10.1 Å². The smallest absolute Gasteiger partial charge is 0.257 e. The Bertz CT molecular complexity index is 802. The Hall–Kier alpha value is -2.40. The first-order valence-electron chi connectivity index (χ1n) is 8.34. The van der Waals surface area contributed by atoms with Crippen molar-refractivity contribution in [3.8, 4) is 5.75 Å². The number of phenols is 1. The molecule has 2 aromatic carbocycles. The molecule has 5 heteroatoms. The molecule has 0 spiro atoms. The second kappa shape index (κ2) is 8.12. The van der Waals surface area contributed by atoms with Crippen LogP contribution >= 0.6 is 12.2 Å². The third kappa shape index (κ3) is 4.79. The number of hydrogen-bond acceptors (Lipinski definition) is 3. The SMILES string of the molecule is CC[C@H](C)c1ccc(O)c(NC(=S)NC(=O)c2ccc(C)c(C)c2)c1. The largest absolute Gasteiger partial charge is 0.506 e. The van der Waals surface area contributed by atoms with Crippen LogP contribution in [-0.4, -0.2) is 16.1 Å². The number of benzene rings is 2. The fraction of sp³-hybridized carbons (Fsp3) is 0.300. The molecule has 1 amide bonds. The molecule has 0 unspecified atom stereocenters. The van der Waals surface area contributed by atoms with Gasteiger partial charge in [0.1, 0.15) is 5.75 Å². The van der Waals surface area contributed by atoms with Gasteiger partial charge in [0.25, 0.3) is 5.91 Å². The highest BCUT2D eigenvalue weighted by atomic mass is 32.1. The van der Waals surface area contributed by atoms with Gasteiger partial charge in [-0.25, -0.2) is 0 Å². The number of carbonyl (C=O) groups is 1. The van der Waals surface area contributed by atoms with E-state index < -0.39 is 0 Å². The molecule has 0 bridgehead atoms. The average Bonchev–Trinajstić information content (AvgIpc) is 2.58. The minimum atomic E-state index is -0.279. The first kappa shape index (κ1) is 18.9. The van der Waals surface area contributed by atoms with E-state index in [-0.39, 0.29) is 16.8 Å². The molecule has 132 valence electrons. The number of aromatic hydroxyl groups is 1. The summed E-state index contributed by atoms with van der Waals surface area (Å²) in [6, 6.07) is 10.9. The minimum absolute atomic E-state index is 0.0924. The fourth-order valence-electron chi connectivity index (χ4n) is 2.41. The predicted molar refractivity (Wildman–Crippen MR) is 106 cm³/mol. The maximum Gasteiger partial charge on any atom is 0.257 e. The number of rotatable bonds is 4. The Balaban J connectivity index is 2.09. The van der Waals surface area contributed by atoms with Crippen LogP contribution in [0.25, 0.3) is 0 Å². The molecule has 2 aromatic rings. The zero-order chi connectivity index (χ0) is 18.6. The molecule has 0 heterocycles. The molecule has 0 aliphatic heterocycles. The molecule has 0 fully saturated rings. The van der Waals surface area contributed by atoms with Gasteiger partial charge < -0.3 is 10.4 Å². The van der Waals surface area contributed by atoms with Crippen molar-refractivity contribution in [3.63, 3.8) is 0 Å². The van der Waals surface area contributed by atoms with E-state index in [1.54, 1.807) is 12.1 Å². The van der Waals surface area contributed by atoms with Crippen LogP contribution < -0.4 is 10.6 Å². The van der Waals surface area contributed by atoms with Crippen LogP contribution in [0.3, 0.4) is 0 Å². The molecule has 0 aliphatic rings. The number of carbonyl (C=O) groups excluding carboxylic acids is 1. The Morgan fingerprint density at radius 3 is 2.52 bits per heavy atom. The Kier molecular flexibility index (Phi) is 6.15. The number of phenolic OH excluding ortho intramolecular Hbond substituents is 1. The van der Waals surface area contributed by atoms with E-state index in [1.807, 2.05) is 38.1 Å². The van der Waals surface area contributed by atoms with Crippen molar-refractivity contribution in [1.29, 1.82) is 0 Å². The summed E-state index contributed by atoms with van der Waals surface area (Å²) in [5.41, 5.74) is 4.31. The lowest BCUT2D eigenvalue weighted by Crippen LogP contribution is -2.34. The van der Waals surface area contributed by atoms with Crippen LogP contribution in [0.2, 0.25) is 0 Å². The molecule has 4 nitrogen and oxygen atoms in total. The lowest BCUT2D eigenvalue weighted by Gasteiger charge is -2.15. The molecule has 0 saturated carbocycles. The number of hydrogen-bond donors (Lipinski definition) is 3. The monoisotopic (exact) mass is 356 g/mol. The maximum absolute atomic E-state index is 12.3. The summed E-state index contributed by atoms with van der Waals surface area (Å²) in [5, 5.41) is 15.7. The van der Waals surface area contributed by atoms with Gasteiger partial charge in [-0.2, -0.15) is 0 Å². The van der Waals surface area contributed by atoms with Gasteiger partial charge in [0, 0.05) is 5.56 Å². The normalized spacial score (nSPS) is 11.7. The van der Waals surface area contributed by atoms with Crippen LogP contribution in [0.15, 0.2) is 36.4 Å². The van der Waals surface area contributed by atoms with Crippen molar-refractivity contribution in [2.75, 3.05) is 5.32 Å². The van der Waals surface area contributed by atoms with Gasteiger partial charge in [0.2, 0.25) is 0 Å². The van der Waals surface area contributed by atoms with Crippen LogP contribution in [-0.2, 0) is 0 Å². The average molecular weight is 356 g/mol. The van der Waals surface area contributed by atoms with Crippen molar-refractivity contribution in [3.05, 3.63) is 58.7 Å². The topological polar surface area (TPSA) is 61.4 Å². The molecule has 25 heavy (non-hydrogen) atoms. The summed E-state index contributed by atoms with van der Waals surface area (Å²) >= 11 is 5.21. The van der Waals surface area contributed by atoms with Crippen molar-refractivity contribution >= 4 is 28.9 Å². The second-order valence-corrected chi connectivity index (χ2v) is 6.70. The molecular formula is C20H24N2O2S. The third-order valence-electron chi connectivity index (χ3n) is 4.45. The summed E-state index contributed by atoms with van der Waals surface area (Å²) in [6.07, 6.45) is 0.998. The number of aryl methyl sites for hydroxylation is 2. The highest BCUT2D eigenvalue weighted by Crippen LogP contribution is 2.29. The number of nitrogens with one attached hydrogen (secondary N) is 2. The van der Waals surface area contributed by atoms with Crippen molar-refractivity contribution in [1.82, 2.24) is 5.32 Å². The van der Waals surface area contributed by atoms with Crippen LogP contribution in [0.1, 0.15) is 53.2 Å². The first-order chi connectivity index (χ1) is 11.8. The highest BCUT2D eigenvalue weighted by molar-refractivity contribution is 7.80. The van der Waals surface area contributed by atoms with Gasteiger partial charge in [0.15, 0.2) is 5.11 Å². The minimum Gasteiger partial charge on any atom is -0.506 e. The van der Waals surface area contributed by atoms with E-state index in [1.165, 1.54) is 0 Å². The molecule has 0 radical (unpaired) electrons. The predicted octanol–water partition coefficient (Wildman–Crippen LogP) is 4.65. The van der Waals surface area contributed by atoms with Crippen LogP contribution in [0, 0.1) is 13.8 Å². The van der Waals surface area contributed by atoms with Gasteiger partial charge in [-0.05, 0) is 79.4 Å². The molecule has 0 aliphatic carbocycles. The van der Waals surface area contributed by atoms with E-state index in [9.17, 15) is 9.90 Å². The molecule has 1 atom stereocenters. The first-order valence-corrected chi connectivity index (χ1v) is 8.75. The summed E-state index contributed by atoms with van der Waals surface area (Å²) in [5.74, 6) is 0.188. The third-order valence-corrected chi connectivity index (χ3v) is 4.65. The van der Waals surface area contributed by atoms with Gasteiger partial charge >= 0.3 is 0 Å². The Morgan fingerprint density at radius 1 is 1.16 bits per heavy atom. The number of anilines is 1. The lowest BCUT2D eigenvalue weighted by atomic mass is 9.98. The number of thiocarbonyl (C=S) groups is 1. The molecule has 0 saturated heterocycles. The van der Waals surface area contributed by atoms with E-state index in [0.717, 1.165) is 23.1 Å². The van der Waals surface area contributed by atoms with Crippen molar-refractivity contribution in [2.45, 2.75) is 40.0 Å². The van der Waals surface area contributed by atoms with E-state index in [4.69, 9.17) is 12.2 Å². The molecule has 2 rings (SSSR count). The summed E-state index contributed by atoms with van der Waals surface area (Å²) < 4.78 is 0. The summed E-state index contributed by atoms with van der Waals surface area (Å²) in [7, 11) is 0. The van der Waals surface area contributed by atoms with E-state index >= 15 is 0 Å². The van der Waals surface area contributed by atoms with Crippen LogP contribution in [0.5, 0.6) is 5.75 Å². The standard InChI is InChI=1S/C20H24N2O2S/c1-5-12(2)15-8-9-18(23)17(11-15)21-20(25)22-19(24)16-7-6-13(3)14(4)10-16/h6-12,23H,5H2,1-4H3,(H2,21,22,24,25)/t12-/m0/s1. The molecule has 3 N–H and O–H groups in total. The highest BCUT2D eigenvalue weighted by Gasteiger charge is 2.12. The van der Waals surface area contributed by atoms with Gasteiger partial charge in [0.05, 0.1) is 5.69 Å². The zero-order valence-electron chi connectivity index (χ0n) is 15.0. The fourth-order valence-corrected chi connectivity index (χ4v) is 2.61. The summed E-state index contributed by atoms with van der Waals surface area (Å²) in [6.45, 7) is 8.19. The van der Waals surface area contributed by atoms with Gasteiger partial charge in [-0.1, -0.05) is 26.0 Å². The Labute approximate surface area is 154 Å². The zero-order valence-corrected chi connectivity index (χ0v) is 15.8. The second-order valence-electron chi connectivity index (χ2n) is 6.29. The molecule has 0 aromatic heterocycles. The van der Waals surface area contributed by atoms with Crippen molar-refractivity contribution < 1.29 is 9.90 Å². The number of amides is 1. The quantitative estimate of drug-likeness (QED) is 0.551.